The Kier molecular flexibility index (Phi) is 7.17. The summed E-state index contributed by atoms with van der Waals surface area (Å²) in [6.45, 7) is 7.33. The Morgan fingerprint density at radius 3 is 2.35 bits per heavy atom. The lowest BCUT2D eigenvalue weighted by Crippen LogP contribution is -2.53. The highest BCUT2D eigenvalue weighted by atomic mass is 19.1. The van der Waals surface area contributed by atoms with Crippen LogP contribution in [-0.4, -0.2) is 25.3 Å². The summed E-state index contributed by atoms with van der Waals surface area (Å²) in [6.07, 6.45) is 3.54. The van der Waals surface area contributed by atoms with Gasteiger partial charge in [0.15, 0.2) is 0 Å². The molecular weight excluding hydrogens is 253 g/mol. The monoisotopic (exact) mass is 281 g/mol. The highest BCUT2D eigenvalue weighted by molar-refractivity contribution is 5.19. The SMILES string of the molecule is CCCNC(Cc1ccccc1F)C(CC)(CC)OC. The fraction of sp³-hybridized carbons (Fsp3) is 0.647. The van der Waals surface area contributed by atoms with E-state index in [1.54, 1.807) is 13.2 Å². The highest BCUT2D eigenvalue weighted by Gasteiger charge is 2.35. The van der Waals surface area contributed by atoms with Gasteiger partial charge in [-0.25, -0.2) is 4.39 Å². The van der Waals surface area contributed by atoms with Gasteiger partial charge in [-0.3, -0.25) is 0 Å². The van der Waals surface area contributed by atoms with Gasteiger partial charge in [-0.1, -0.05) is 39.0 Å². The molecule has 0 radical (unpaired) electrons. The van der Waals surface area contributed by atoms with Gasteiger partial charge >= 0.3 is 0 Å². The number of rotatable bonds is 9. The number of hydrogen-bond acceptors (Lipinski definition) is 2. The first-order chi connectivity index (χ1) is 9.63. The van der Waals surface area contributed by atoms with Gasteiger partial charge in [0.2, 0.25) is 0 Å². The van der Waals surface area contributed by atoms with Crippen LogP contribution >= 0.6 is 0 Å². The maximum atomic E-state index is 13.9. The summed E-state index contributed by atoms with van der Waals surface area (Å²) in [5.41, 5.74) is 0.515. The molecule has 0 heterocycles. The van der Waals surface area contributed by atoms with Crippen LogP contribution < -0.4 is 5.32 Å². The normalized spacial score (nSPS) is 13.4. The van der Waals surface area contributed by atoms with E-state index in [0.29, 0.717) is 6.42 Å². The van der Waals surface area contributed by atoms with E-state index in [1.165, 1.54) is 6.07 Å². The molecule has 0 aliphatic carbocycles. The van der Waals surface area contributed by atoms with Crippen LogP contribution in [0.25, 0.3) is 0 Å². The van der Waals surface area contributed by atoms with Crippen molar-refractivity contribution in [3.63, 3.8) is 0 Å². The van der Waals surface area contributed by atoms with Crippen molar-refractivity contribution in [3.05, 3.63) is 35.6 Å². The Labute approximate surface area is 122 Å². The first kappa shape index (κ1) is 17.1. The Balaban J connectivity index is 2.96. The molecule has 1 aromatic carbocycles. The Morgan fingerprint density at radius 2 is 1.85 bits per heavy atom. The van der Waals surface area contributed by atoms with Gasteiger partial charge in [0.1, 0.15) is 5.82 Å². The molecule has 0 spiro atoms. The second kappa shape index (κ2) is 8.38. The van der Waals surface area contributed by atoms with Crippen LogP contribution in [0.3, 0.4) is 0 Å². The van der Waals surface area contributed by atoms with Gasteiger partial charge in [0.05, 0.1) is 5.60 Å². The van der Waals surface area contributed by atoms with Crippen molar-refractivity contribution in [1.29, 1.82) is 0 Å². The van der Waals surface area contributed by atoms with Gasteiger partial charge in [0, 0.05) is 13.2 Å². The van der Waals surface area contributed by atoms with Crippen LogP contribution in [0.2, 0.25) is 0 Å². The number of hydrogen-bond donors (Lipinski definition) is 1. The quantitative estimate of drug-likeness (QED) is 0.740. The Morgan fingerprint density at radius 1 is 1.20 bits per heavy atom. The lowest BCUT2D eigenvalue weighted by Gasteiger charge is -2.39. The molecule has 0 bridgehead atoms. The smallest absolute Gasteiger partial charge is 0.126 e. The minimum Gasteiger partial charge on any atom is -0.377 e. The van der Waals surface area contributed by atoms with Gasteiger partial charge in [-0.2, -0.15) is 0 Å². The van der Waals surface area contributed by atoms with Crippen molar-refractivity contribution in [2.75, 3.05) is 13.7 Å². The Hall–Kier alpha value is -0.930. The average Bonchev–Trinajstić information content (AvgIpc) is 2.48. The Bertz CT molecular complexity index is 382. The standard InChI is InChI=1S/C17H28FNO/c1-5-12-19-16(17(6-2,7-3)20-4)13-14-10-8-9-11-15(14)18/h8-11,16,19H,5-7,12-13H2,1-4H3. The van der Waals surface area contributed by atoms with E-state index in [9.17, 15) is 4.39 Å². The van der Waals surface area contributed by atoms with Crippen molar-refractivity contribution in [2.24, 2.45) is 0 Å². The number of ether oxygens (including phenoxy) is 1. The van der Waals surface area contributed by atoms with Gasteiger partial charge < -0.3 is 10.1 Å². The number of methoxy groups -OCH3 is 1. The molecule has 20 heavy (non-hydrogen) atoms. The molecule has 0 aromatic heterocycles. The van der Waals surface area contributed by atoms with E-state index in [4.69, 9.17) is 4.74 Å². The molecule has 1 rings (SSSR count). The number of benzene rings is 1. The molecule has 1 N–H and O–H groups in total. The molecule has 1 atom stereocenters. The van der Waals surface area contributed by atoms with Gasteiger partial charge in [-0.05, 0) is 43.9 Å². The summed E-state index contributed by atoms with van der Waals surface area (Å²) in [6, 6.07) is 7.14. The molecule has 1 unspecified atom stereocenters. The summed E-state index contributed by atoms with van der Waals surface area (Å²) in [5, 5.41) is 3.55. The number of nitrogens with one attached hydrogen (secondary N) is 1. The van der Waals surface area contributed by atoms with Crippen LogP contribution in [-0.2, 0) is 11.2 Å². The fourth-order valence-corrected chi connectivity index (χ4v) is 2.82. The molecule has 2 nitrogen and oxygen atoms in total. The predicted molar refractivity (Wildman–Crippen MR) is 82.5 cm³/mol. The van der Waals surface area contributed by atoms with Gasteiger partial charge in [0.25, 0.3) is 0 Å². The molecule has 0 aliphatic heterocycles. The summed E-state index contributed by atoms with van der Waals surface area (Å²) < 4.78 is 19.7. The largest absolute Gasteiger partial charge is 0.377 e. The fourth-order valence-electron chi connectivity index (χ4n) is 2.82. The van der Waals surface area contributed by atoms with Crippen molar-refractivity contribution >= 4 is 0 Å². The summed E-state index contributed by atoms with van der Waals surface area (Å²) in [7, 11) is 1.76. The van der Waals surface area contributed by atoms with E-state index in [2.05, 4.69) is 26.1 Å². The first-order valence-corrected chi connectivity index (χ1v) is 7.65. The van der Waals surface area contributed by atoms with Crippen molar-refractivity contribution in [3.8, 4) is 0 Å². The second-order valence-electron chi connectivity index (χ2n) is 5.28. The molecule has 1 aromatic rings. The summed E-state index contributed by atoms with van der Waals surface area (Å²) in [5.74, 6) is -0.131. The van der Waals surface area contributed by atoms with E-state index >= 15 is 0 Å². The summed E-state index contributed by atoms with van der Waals surface area (Å²) in [4.78, 5) is 0. The third-order valence-electron chi connectivity index (χ3n) is 4.26. The third-order valence-corrected chi connectivity index (χ3v) is 4.26. The molecule has 3 heteroatoms. The minimum atomic E-state index is -0.239. The van der Waals surface area contributed by atoms with Crippen molar-refractivity contribution in [1.82, 2.24) is 5.32 Å². The van der Waals surface area contributed by atoms with Crippen LogP contribution in [0.4, 0.5) is 4.39 Å². The average molecular weight is 281 g/mol. The lowest BCUT2D eigenvalue weighted by molar-refractivity contribution is -0.0473. The molecule has 0 saturated carbocycles. The van der Waals surface area contributed by atoms with E-state index in [1.807, 2.05) is 12.1 Å². The van der Waals surface area contributed by atoms with Crippen LogP contribution in [0, 0.1) is 5.82 Å². The van der Waals surface area contributed by atoms with Crippen LogP contribution in [0.15, 0.2) is 24.3 Å². The second-order valence-corrected chi connectivity index (χ2v) is 5.28. The molecule has 114 valence electrons. The molecule has 0 fully saturated rings. The van der Waals surface area contributed by atoms with Gasteiger partial charge in [-0.15, -0.1) is 0 Å². The van der Waals surface area contributed by atoms with E-state index < -0.39 is 0 Å². The van der Waals surface area contributed by atoms with E-state index in [-0.39, 0.29) is 17.5 Å². The minimum absolute atomic E-state index is 0.124. The zero-order chi connectivity index (χ0) is 15.0. The zero-order valence-electron chi connectivity index (χ0n) is 13.2. The molecule has 0 saturated heterocycles. The molecular formula is C17H28FNO. The highest BCUT2D eigenvalue weighted by Crippen LogP contribution is 2.27. The van der Waals surface area contributed by atoms with Crippen LogP contribution in [0.5, 0.6) is 0 Å². The number of halogens is 1. The molecule has 0 amide bonds. The van der Waals surface area contributed by atoms with E-state index in [0.717, 1.165) is 31.4 Å². The first-order valence-electron chi connectivity index (χ1n) is 7.65. The lowest BCUT2D eigenvalue weighted by atomic mass is 9.84. The maximum absolute atomic E-state index is 13.9. The molecule has 0 aliphatic rings. The van der Waals surface area contributed by atoms with Crippen molar-refractivity contribution in [2.45, 2.75) is 58.1 Å². The maximum Gasteiger partial charge on any atom is 0.126 e. The van der Waals surface area contributed by atoms with Crippen molar-refractivity contribution < 1.29 is 9.13 Å². The topological polar surface area (TPSA) is 21.3 Å². The third kappa shape index (κ3) is 4.03. The summed E-state index contributed by atoms with van der Waals surface area (Å²) >= 11 is 0. The predicted octanol–water partition coefficient (Wildman–Crippen LogP) is 3.94. The zero-order valence-corrected chi connectivity index (χ0v) is 13.2. The van der Waals surface area contributed by atoms with Crippen LogP contribution in [0.1, 0.15) is 45.6 Å².